The lowest BCUT2D eigenvalue weighted by Crippen LogP contribution is -2.08. The predicted molar refractivity (Wildman–Crippen MR) is 79.4 cm³/mol. The number of hydrogen-bond donors (Lipinski definition) is 2. The van der Waals surface area contributed by atoms with Gasteiger partial charge in [-0.15, -0.1) is 0 Å². The minimum Gasteiger partial charge on any atom is -0.507 e. The summed E-state index contributed by atoms with van der Waals surface area (Å²) in [5.74, 6) is 0.103. The number of nitrogens with zero attached hydrogens (tertiary/aromatic N) is 1. The number of fused-ring (bicyclic) bond motifs is 1. The first-order valence-electron chi connectivity index (χ1n) is 5.79. The van der Waals surface area contributed by atoms with Crippen molar-refractivity contribution in [3.63, 3.8) is 0 Å². The highest BCUT2D eigenvalue weighted by molar-refractivity contribution is 9.10. The number of H-pyrrole nitrogens is 1. The van der Waals surface area contributed by atoms with Gasteiger partial charge in [-0.1, -0.05) is 0 Å². The SMILES string of the molecule is CC(=CN(C)C)C(=O)c1cc2cc(O)c(Br)cc2[nH]1. The van der Waals surface area contributed by atoms with Gasteiger partial charge in [-0.2, -0.15) is 0 Å². The Morgan fingerprint density at radius 1 is 1.37 bits per heavy atom. The van der Waals surface area contributed by atoms with Crippen LogP contribution in [0.2, 0.25) is 0 Å². The smallest absolute Gasteiger partial charge is 0.206 e. The number of Topliss-reactive ketones (excluding diaryl/α,β-unsaturated/α-hetero) is 1. The molecule has 1 aromatic heterocycles. The van der Waals surface area contributed by atoms with E-state index in [2.05, 4.69) is 20.9 Å². The molecular weight excluding hydrogens is 308 g/mol. The van der Waals surface area contributed by atoms with E-state index in [1.165, 1.54) is 0 Å². The standard InChI is InChI=1S/C14H15BrN2O2/c1-8(7-17(2)3)14(19)12-4-9-5-13(18)10(15)6-11(9)16-12/h4-7,16,18H,1-3H3. The van der Waals surface area contributed by atoms with Crippen molar-refractivity contribution in [1.82, 2.24) is 9.88 Å². The second kappa shape index (κ2) is 5.09. The van der Waals surface area contributed by atoms with Crippen molar-refractivity contribution in [1.29, 1.82) is 0 Å². The van der Waals surface area contributed by atoms with Crippen molar-refractivity contribution < 1.29 is 9.90 Å². The van der Waals surface area contributed by atoms with Gasteiger partial charge in [-0.05, 0) is 41.1 Å². The van der Waals surface area contributed by atoms with Crippen LogP contribution in [0.25, 0.3) is 10.9 Å². The van der Waals surface area contributed by atoms with Crippen molar-refractivity contribution in [3.05, 3.63) is 40.1 Å². The Hall–Kier alpha value is -1.75. The molecule has 0 fully saturated rings. The molecule has 0 unspecified atom stereocenters. The maximum atomic E-state index is 12.2. The maximum absolute atomic E-state index is 12.2. The highest BCUT2D eigenvalue weighted by atomic mass is 79.9. The first kappa shape index (κ1) is 13.7. The fraction of sp³-hybridized carbons (Fsp3) is 0.214. The molecule has 2 aromatic rings. The number of aromatic amines is 1. The fourth-order valence-corrected chi connectivity index (χ4v) is 2.27. The number of allylic oxidation sites excluding steroid dienone is 1. The molecule has 2 N–H and O–H groups in total. The van der Waals surface area contributed by atoms with Gasteiger partial charge in [0.05, 0.1) is 10.2 Å². The summed E-state index contributed by atoms with van der Waals surface area (Å²) in [7, 11) is 3.74. The van der Waals surface area contributed by atoms with Crippen LogP contribution >= 0.6 is 15.9 Å². The van der Waals surface area contributed by atoms with Crippen molar-refractivity contribution >= 4 is 32.6 Å². The lowest BCUT2D eigenvalue weighted by Gasteiger charge is -2.06. The maximum Gasteiger partial charge on any atom is 0.206 e. The van der Waals surface area contributed by atoms with Crippen molar-refractivity contribution in [3.8, 4) is 5.75 Å². The zero-order valence-corrected chi connectivity index (χ0v) is 12.6. The van der Waals surface area contributed by atoms with Crippen molar-refractivity contribution in [2.75, 3.05) is 14.1 Å². The zero-order valence-electron chi connectivity index (χ0n) is 11.0. The van der Waals surface area contributed by atoms with Gasteiger partial charge < -0.3 is 15.0 Å². The Kier molecular flexibility index (Phi) is 3.66. The molecule has 0 radical (unpaired) electrons. The zero-order chi connectivity index (χ0) is 14.2. The average molecular weight is 323 g/mol. The van der Waals surface area contributed by atoms with E-state index in [0.29, 0.717) is 15.7 Å². The van der Waals surface area contributed by atoms with E-state index in [0.717, 1.165) is 10.9 Å². The van der Waals surface area contributed by atoms with Crippen molar-refractivity contribution in [2.24, 2.45) is 0 Å². The number of phenolic OH excluding ortho intramolecular Hbond substituents is 1. The van der Waals surface area contributed by atoms with Crippen LogP contribution in [0.4, 0.5) is 0 Å². The number of aromatic nitrogens is 1. The molecule has 19 heavy (non-hydrogen) atoms. The topological polar surface area (TPSA) is 56.3 Å². The summed E-state index contributed by atoms with van der Waals surface area (Å²) in [4.78, 5) is 17.1. The van der Waals surface area contributed by atoms with Crippen LogP contribution < -0.4 is 0 Å². The first-order valence-corrected chi connectivity index (χ1v) is 6.58. The lowest BCUT2D eigenvalue weighted by atomic mass is 10.1. The van der Waals surface area contributed by atoms with Crippen LogP contribution in [0.3, 0.4) is 0 Å². The number of hydrogen-bond acceptors (Lipinski definition) is 3. The molecule has 0 bridgehead atoms. The molecule has 0 saturated carbocycles. The minimum absolute atomic E-state index is 0.0551. The molecule has 0 spiro atoms. The molecule has 0 atom stereocenters. The largest absolute Gasteiger partial charge is 0.507 e. The number of carbonyl (C=O) groups excluding carboxylic acids is 1. The monoisotopic (exact) mass is 322 g/mol. The molecular formula is C14H15BrN2O2. The Balaban J connectivity index is 2.44. The number of ketones is 1. The van der Waals surface area contributed by atoms with Gasteiger partial charge in [0.2, 0.25) is 5.78 Å². The summed E-state index contributed by atoms with van der Waals surface area (Å²) in [6.45, 7) is 1.78. The lowest BCUT2D eigenvalue weighted by molar-refractivity contribution is 0.102. The van der Waals surface area contributed by atoms with E-state index in [-0.39, 0.29) is 11.5 Å². The quantitative estimate of drug-likeness (QED) is 0.673. The Labute approximate surface area is 119 Å². The number of phenols is 1. The van der Waals surface area contributed by atoms with E-state index in [1.54, 1.807) is 31.3 Å². The van der Waals surface area contributed by atoms with E-state index < -0.39 is 0 Å². The molecule has 0 aliphatic rings. The molecule has 100 valence electrons. The molecule has 0 amide bonds. The summed E-state index contributed by atoms with van der Waals surface area (Å²) in [5, 5.41) is 10.4. The van der Waals surface area contributed by atoms with Gasteiger partial charge in [0, 0.05) is 36.8 Å². The van der Waals surface area contributed by atoms with Gasteiger partial charge in [-0.25, -0.2) is 0 Å². The highest BCUT2D eigenvalue weighted by Gasteiger charge is 2.13. The first-order chi connectivity index (χ1) is 8.88. The summed E-state index contributed by atoms with van der Waals surface area (Å²) in [6, 6.07) is 5.13. The van der Waals surface area contributed by atoms with Gasteiger partial charge in [0.1, 0.15) is 5.75 Å². The van der Waals surface area contributed by atoms with Crippen molar-refractivity contribution in [2.45, 2.75) is 6.92 Å². The number of halogens is 1. The van der Waals surface area contributed by atoms with E-state index in [9.17, 15) is 9.90 Å². The summed E-state index contributed by atoms with van der Waals surface area (Å²) in [6.07, 6.45) is 1.78. The normalized spacial score (nSPS) is 11.9. The van der Waals surface area contributed by atoms with Crippen LogP contribution in [0.15, 0.2) is 34.4 Å². The van der Waals surface area contributed by atoms with Crippen LogP contribution in [0, 0.1) is 0 Å². The number of benzene rings is 1. The summed E-state index contributed by atoms with van der Waals surface area (Å²) < 4.78 is 0.599. The van der Waals surface area contributed by atoms with Gasteiger partial charge >= 0.3 is 0 Å². The summed E-state index contributed by atoms with van der Waals surface area (Å²) >= 11 is 3.25. The third kappa shape index (κ3) is 2.81. The second-order valence-corrected chi connectivity index (χ2v) is 5.53. The Bertz CT molecular complexity index is 632. The minimum atomic E-state index is -0.0551. The second-order valence-electron chi connectivity index (χ2n) is 4.68. The third-order valence-corrected chi connectivity index (χ3v) is 3.38. The highest BCUT2D eigenvalue weighted by Crippen LogP contribution is 2.29. The van der Waals surface area contributed by atoms with Crippen LogP contribution in [-0.4, -0.2) is 34.9 Å². The van der Waals surface area contributed by atoms with E-state index in [4.69, 9.17) is 0 Å². The molecule has 0 aliphatic carbocycles. The third-order valence-electron chi connectivity index (χ3n) is 2.74. The molecule has 2 rings (SSSR count). The molecule has 0 saturated heterocycles. The molecule has 1 aromatic carbocycles. The Morgan fingerprint density at radius 2 is 2.05 bits per heavy atom. The van der Waals surface area contributed by atoms with E-state index in [1.807, 2.05) is 19.0 Å². The number of rotatable bonds is 3. The number of aromatic hydroxyl groups is 1. The van der Waals surface area contributed by atoms with Gasteiger partial charge in [0.25, 0.3) is 0 Å². The molecule has 1 heterocycles. The van der Waals surface area contributed by atoms with Crippen LogP contribution in [0.5, 0.6) is 5.75 Å². The fourth-order valence-electron chi connectivity index (χ4n) is 1.92. The summed E-state index contributed by atoms with van der Waals surface area (Å²) in [5.41, 5.74) is 1.98. The molecule has 5 heteroatoms. The number of nitrogens with one attached hydrogen (secondary N) is 1. The van der Waals surface area contributed by atoms with Crippen LogP contribution in [-0.2, 0) is 0 Å². The average Bonchev–Trinajstić information content (AvgIpc) is 2.70. The molecule has 0 aliphatic heterocycles. The predicted octanol–water partition coefficient (Wildman–Crippen LogP) is 3.28. The van der Waals surface area contributed by atoms with Gasteiger partial charge in [-0.3, -0.25) is 4.79 Å². The van der Waals surface area contributed by atoms with Gasteiger partial charge in [0.15, 0.2) is 0 Å². The Morgan fingerprint density at radius 3 is 2.68 bits per heavy atom. The van der Waals surface area contributed by atoms with Crippen LogP contribution in [0.1, 0.15) is 17.4 Å². The number of carbonyl (C=O) groups is 1. The molecule has 4 nitrogen and oxygen atoms in total. The van der Waals surface area contributed by atoms with E-state index >= 15 is 0 Å².